The third-order valence-electron chi connectivity index (χ3n) is 7.98. The Hall–Kier alpha value is -2.79. The SMILES string of the molecule is CCS[C@H]1O[C@H]([C@H](COCc2ccccc2)O[Si](C)(C)C)[C@@H](OCc2ccccc2)[C@H](OCc2ccccc2)[C@@H]1OCc1ccccc1. The van der Waals surface area contributed by atoms with Crippen LogP contribution < -0.4 is 0 Å². The van der Waals surface area contributed by atoms with E-state index < -0.39 is 32.7 Å². The molecule has 0 bridgehead atoms. The first-order valence-corrected chi connectivity index (χ1v) is 21.4. The summed E-state index contributed by atoms with van der Waals surface area (Å²) >= 11 is 1.73. The molecule has 0 unspecified atom stereocenters. The fourth-order valence-corrected chi connectivity index (χ4v) is 7.88. The molecule has 1 aliphatic rings. The van der Waals surface area contributed by atoms with E-state index in [-0.39, 0.29) is 11.5 Å². The van der Waals surface area contributed by atoms with E-state index in [1.165, 1.54) is 0 Å². The van der Waals surface area contributed by atoms with Crippen molar-refractivity contribution < 1.29 is 28.1 Å². The number of hydrogen-bond donors (Lipinski definition) is 0. The molecule has 0 aromatic heterocycles. The predicted octanol–water partition coefficient (Wildman–Crippen LogP) is 8.66. The number of rotatable bonds is 18. The Balaban J connectivity index is 1.49. The molecule has 5 rings (SSSR count). The van der Waals surface area contributed by atoms with Gasteiger partial charge in [0.1, 0.15) is 29.9 Å². The zero-order valence-corrected chi connectivity index (χ0v) is 30.4. The van der Waals surface area contributed by atoms with Crippen LogP contribution in [0.5, 0.6) is 0 Å². The van der Waals surface area contributed by atoms with Crippen molar-refractivity contribution in [3.8, 4) is 0 Å². The Kier molecular flexibility index (Phi) is 14.3. The number of hydrogen-bond acceptors (Lipinski definition) is 7. The van der Waals surface area contributed by atoms with Gasteiger partial charge in [0.25, 0.3) is 0 Å². The molecule has 4 aromatic rings. The summed E-state index contributed by atoms with van der Waals surface area (Å²) in [4.78, 5) is 0. The third kappa shape index (κ3) is 11.4. The predicted molar refractivity (Wildman–Crippen MR) is 196 cm³/mol. The fourth-order valence-electron chi connectivity index (χ4n) is 5.81. The van der Waals surface area contributed by atoms with Crippen LogP contribution in [0.3, 0.4) is 0 Å². The molecular weight excluding hydrogens is 637 g/mol. The maximum absolute atomic E-state index is 7.07. The molecule has 1 aliphatic heterocycles. The zero-order valence-electron chi connectivity index (χ0n) is 28.6. The van der Waals surface area contributed by atoms with Crippen molar-refractivity contribution in [1.82, 2.24) is 0 Å². The van der Waals surface area contributed by atoms with Gasteiger partial charge in [0.2, 0.25) is 0 Å². The minimum atomic E-state index is -2.05. The first kappa shape index (κ1) is 36.5. The van der Waals surface area contributed by atoms with Gasteiger partial charge in [-0.05, 0) is 47.6 Å². The van der Waals surface area contributed by atoms with E-state index in [9.17, 15) is 0 Å². The maximum Gasteiger partial charge on any atom is 0.184 e. The Morgan fingerprint density at radius 3 is 1.44 bits per heavy atom. The molecule has 256 valence electrons. The van der Waals surface area contributed by atoms with Gasteiger partial charge in [-0.1, -0.05) is 128 Å². The van der Waals surface area contributed by atoms with Crippen LogP contribution in [0.4, 0.5) is 0 Å². The van der Waals surface area contributed by atoms with Gasteiger partial charge in [-0.25, -0.2) is 0 Å². The van der Waals surface area contributed by atoms with Crippen LogP contribution >= 0.6 is 11.8 Å². The Bertz CT molecular complexity index is 1440. The molecule has 1 heterocycles. The summed E-state index contributed by atoms with van der Waals surface area (Å²) in [5.74, 6) is 0.855. The van der Waals surface area contributed by atoms with Gasteiger partial charge in [-0.15, -0.1) is 11.8 Å². The molecule has 8 heteroatoms. The second-order valence-electron chi connectivity index (χ2n) is 13.0. The van der Waals surface area contributed by atoms with Crippen LogP contribution in [0.15, 0.2) is 121 Å². The van der Waals surface area contributed by atoms with E-state index in [2.05, 4.69) is 75.1 Å². The summed E-state index contributed by atoms with van der Waals surface area (Å²) in [6, 6.07) is 41.0. The topological polar surface area (TPSA) is 55.4 Å². The molecule has 0 radical (unpaired) electrons. The van der Waals surface area contributed by atoms with Gasteiger partial charge in [-0.2, -0.15) is 0 Å². The summed E-state index contributed by atoms with van der Waals surface area (Å²) < 4.78 is 40.9. The van der Waals surface area contributed by atoms with E-state index in [0.29, 0.717) is 33.0 Å². The van der Waals surface area contributed by atoms with Gasteiger partial charge in [0.05, 0.1) is 39.1 Å². The van der Waals surface area contributed by atoms with Crippen molar-refractivity contribution in [2.45, 2.75) is 88.9 Å². The second-order valence-corrected chi connectivity index (χ2v) is 18.8. The number of benzene rings is 4. The van der Waals surface area contributed by atoms with Crippen LogP contribution in [0.1, 0.15) is 29.2 Å². The molecule has 0 amide bonds. The van der Waals surface area contributed by atoms with Crippen LogP contribution in [-0.4, -0.2) is 56.6 Å². The van der Waals surface area contributed by atoms with Gasteiger partial charge in [-0.3, -0.25) is 0 Å². The van der Waals surface area contributed by atoms with Gasteiger partial charge >= 0.3 is 0 Å². The Labute approximate surface area is 292 Å². The molecule has 0 spiro atoms. The molecule has 0 aliphatic carbocycles. The van der Waals surface area contributed by atoms with Crippen molar-refractivity contribution in [3.05, 3.63) is 144 Å². The lowest BCUT2D eigenvalue weighted by atomic mass is 9.95. The molecule has 48 heavy (non-hydrogen) atoms. The van der Waals surface area contributed by atoms with Crippen LogP contribution in [-0.2, 0) is 54.5 Å². The van der Waals surface area contributed by atoms with E-state index >= 15 is 0 Å². The highest BCUT2D eigenvalue weighted by molar-refractivity contribution is 7.99. The van der Waals surface area contributed by atoms with E-state index in [0.717, 1.165) is 28.0 Å². The van der Waals surface area contributed by atoms with Crippen molar-refractivity contribution in [2.75, 3.05) is 12.4 Å². The molecule has 6 nitrogen and oxygen atoms in total. The average Bonchev–Trinajstić information content (AvgIpc) is 3.10. The lowest BCUT2D eigenvalue weighted by Gasteiger charge is -2.48. The minimum absolute atomic E-state index is 0.303. The minimum Gasteiger partial charge on any atom is -0.410 e. The maximum atomic E-state index is 7.07. The van der Waals surface area contributed by atoms with Gasteiger partial charge < -0.3 is 28.1 Å². The molecule has 1 fully saturated rings. The van der Waals surface area contributed by atoms with Crippen LogP contribution in [0, 0.1) is 0 Å². The second kappa shape index (κ2) is 18.8. The molecule has 0 saturated carbocycles. The fraction of sp³-hybridized carbons (Fsp3) is 0.400. The Morgan fingerprint density at radius 1 is 0.583 bits per heavy atom. The lowest BCUT2D eigenvalue weighted by Crippen LogP contribution is -2.63. The van der Waals surface area contributed by atoms with E-state index in [1.807, 2.05) is 72.8 Å². The smallest absolute Gasteiger partial charge is 0.184 e. The lowest BCUT2D eigenvalue weighted by molar-refractivity contribution is -0.264. The number of ether oxygens (including phenoxy) is 5. The normalized spacial score (nSPS) is 22.0. The first-order valence-electron chi connectivity index (χ1n) is 16.9. The number of thioether (sulfide) groups is 1. The van der Waals surface area contributed by atoms with E-state index in [4.69, 9.17) is 28.1 Å². The average molecular weight is 687 g/mol. The van der Waals surface area contributed by atoms with Gasteiger partial charge in [0, 0.05) is 0 Å². The van der Waals surface area contributed by atoms with Crippen molar-refractivity contribution in [3.63, 3.8) is 0 Å². The van der Waals surface area contributed by atoms with Gasteiger partial charge in [0.15, 0.2) is 8.32 Å². The van der Waals surface area contributed by atoms with Crippen molar-refractivity contribution >= 4 is 20.1 Å². The summed E-state index contributed by atoms with van der Waals surface area (Å²) in [5.41, 5.74) is 4.07. The monoisotopic (exact) mass is 686 g/mol. The summed E-state index contributed by atoms with van der Waals surface area (Å²) in [6.45, 7) is 10.9. The highest BCUT2D eigenvalue weighted by Crippen LogP contribution is 2.37. The van der Waals surface area contributed by atoms with E-state index in [1.54, 1.807) is 11.8 Å². The first-order chi connectivity index (χ1) is 23.4. The zero-order chi connectivity index (χ0) is 33.6. The summed E-state index contributed by atoms with van der Waals surface area (Å²) in [5, 5.41) is 0. The van der Waals surface area contributed by atoms with Crippen molar-refractivity contribution in [1.29, 1.82) is 0 Å². The molecule has 1 saturated heterocycles. The molecule has 4 aromatic carbocycles. The largest absolute Gasteiger partial charge is 0.410 e. The molecule has 0 N–H and O–H groups in total. The summed E-state index contributed by atoms with van der Waals surface area (Å²) in [6.07, 6.45) is -2.17. The third-order valence-corrected chi connectivity index (χ3v) is 10.0. The highest BCUT2D eigenvalue weighted by atomic mass is 32.2. The van der Waals surface area contributed by atoms with Crippen LogP contribution in [0.2, 0.25) is 19.6 Å². The van der Waals surface area contributed by atoms with Crippen LogP contribution in [0.25, 0.3) is 0 Å². The Morgan fingerprint density at radius 2 is 1.00 bits per heavy atom. The van der Waals surface area contributed by atoms with Crippen molar-refractivity contribution in [2.24, 2.45) is 0 Å². The molecule has 6 atom stereocenters. The standard InChI is InChI=1S/C40H50O6SSi/c1-5-47-40-39(44-29-34-24-16-9-17-25-34)38(43-28-33-22-14-8-15-23-33)37(42-27-32-20-12-7-13-21-32)36(45-40)35(46-48(2,3)4)30-41-26-31-18-10-6-11-19-31/h6-25,35-40H,5,26-30H2,1-4H3/t35-,36+,37+,38-,39-,40+/m0/s1. The highest BCUT2D eigenvalue weighted by Gasteiger charge is 2.51. The summed E-state index contributed by atoms with van der Waals surface area (Å²) in [7, 11) is -2.05. The quantitative estimate of drug-likeness (QED) is 0.0972. The molecular formula is C40H50O6SSi.